The molecule has 0 spiro atoms. The Balaban J connectivity index is 2.13. The molecule has 5 nitrogen and oxygen atoms in total. The number of hydrogen-bond acceptors (Lipinski definition) is 3. The van der Waals surface area contributed by atoms with Gasteiger partial charge < -0.3 is 0 Å². The van der Waals surface area contributed by atoms with Gasteiger partial charge in [-0.05, 0) is 58.2 Å². The smallest absolute Gasteiger partial charge is 0.261 e. The molecule has 0 saturated heterocycles. The lowest BCUT2D eigenvalue weighted by molar-refractivity contribution is 0.617. The van der Waals surface area contributed by atoms with Crippen LogP contribution in [0.2, 0.25) is 0 Å². The molecule has 0 bridgehead atoms. The van der Waals surface area contributed by atoms with E-state index in [9.17, 15) is 9.00 Å². The Bertz CT molecular complexity index is 880. The first-order valence-electron chi connectivity index (χ1n) is 8.40. The minimum Gasteiger partial charge on any atom is -0.296 e. The zero-order valence-corrected chi connectivity index (χ0v) is 15.8. The first-order chi connectivity index (χ1) is 11.2. The summed E-state index contributed by atoms with van der Waals surface area (Å²) in [5, 5.41) is 0.658. The Labute approximate surface area is 145 Å². The number of aryl methyl sites for hydroxylation is 2. The third-order valence-corrected chi connectivity index (χ3v) is 6.08. The van der Waals surface area contributed by atoms with Gasteiger partial charge in [0.2, 0.25) is 0 Å². The topological polar surface area (TPSA) is 64.0 Å². The fraction of sp³-hybridized carbons (Fsp3) is 0.556. The van der Waals surface area contributed by atoms with Crippen molar-refractivity contribution in [3.63, 3.8) is 0 Å². The summed E-state index contributed by atoms with van der Waals surface area (Å²) in [4.78, 5) is 17.5. The average molecular weight is 347 g/mol. The molecule has 1 N–H and O–H groups in total. The molecule has 3 rings (SSSR count). The molecule has 0 saturated carbocycles. The van der Waals surface area contributed by atoms with Crippen molar-refractivity contribution >= 4 is 21.9 Å². The Morgan fingerprint density at radius 3 is 2.71 bits per heavy atom. The summed E-state index contributed by atoms with van der Waals surface area (Å²) in [6.07, 6.45) is 1.81. The quantitative estimate of drug-likeness (QED) is 0.928. The van der Waals surface area contributed by atoms with Crippen LogP contribution < -0.4 is 10.3 Å². The van der Waals surface area contributed by atoms with Crippen LogP contribution in [0, 0.1) is 6.92 Å². The SMILES string of the molecule is Cc1cc([C@@H](C)N[S@](=O)C(C)(C)C)c2nc3n(c(=O)c2c1)CCC3. The molecule has 0 aliphatic carbocycles. The summed E-state index contributed by atoms with van der Waals surface area (Å²) in [5.74, 6) is 0.863. The number of nitrogens with one attached hydrogen (secondary N) is 1. The highest BCUT2D eigenvalue weighted by molar-refractivity contribution is 7.84. The van der Waals surface area contributed by atoms with Gasteiger partial charge in [-0.2, -0.15) is 0 Å². The summed E-state index contributed by atoms with van der Waals surface area (Å²) in [5.41, 5.74) is 2.74. The second-order valence-electron chi connectivity index (χ2n) is 7.56. The van der Waals surface area contributed by atoms with Gasteiger partial charge in [0.25, 0.3) is 5.56 Å². The molecule has 2 heterocycles. The molecule has 0 radical (unpaired) electrons. The van der Waals surface area contributed by atoms with Gasteiger partial charge >= 0.3 is 0 Å². The highest BCUT2D eigenvalue weighted by atomic mass is 32.2. The van der Waals surface area contributed by atoms with E-state index in [1.165, 1.54) is 0 Å². The summed E-state index contributed by atoms with van der Waals surface area (Å²) >= 11 is 0. The predicted octanol–water partition coefficient (Wildman–Crippen LogP) is 2.76. The second-order valence-corrected chi connectivity index (χ2v) is 9.56. The van der Waals surface area contributed by atoms with Crippen LogP contribution in [0.15, 0.2) is 16.9 Å². The first-order valence-corrected chi connectivity index (χ1v) is 9.55. The van der Waals surface area contributed by atoms with E-state index in [0.29, 0.717) is 5.39 Å². The van der Waals surface area contributed by atoms with Crippen LogP contribution in [0.4, 0.5) is 0 Å². The molecular weight excluding hydrogens is 322 g/mol. The number of benzene rings is 1. The zero-order valence-electron chi connectivity index (χ0n) is 15.0. The molecule has 0 fully saturated rings. The highest BCUT2D eigenvalue weighted by Crippen LogP contribution is 2.26. The average Bonchev–Trinajstić information content (AvgIpc) is 2.95. The fourth-order valence-corrected chi connectivity index (χ4v) is 3.90. The van der Waals surface area contributed by atoms with Crippen LogP contribution in [-0.2, 0) is 24.0 Å². The maximum absolute atomic E-state index is 12.8. The standard InChI is InChI=1S/C18H25N3O2S/c1-11-9-13(12(2)20-24(23)18(3,4)5)16-14(10-11)17(22)21-8-6-7-15(21)19-16/h9-10,12,20H,6-8H2,1-5H3/t12-,24-/m1/s1. The third kappa shape index (κ3) is 3.05. The van der Waals surface area contributed by atoms with Gasteiger partial charge in [0.15, 0.2) is 0 Å². The van der Waals surface area contributed by atoms with Crippen molar-refractivity contribution in [2.45, 2.75) is 64.8 Å². The molecule has 1 aliphatic rings. The summed E-state index contributed by atoms with van der Waals surface area (Å²) in [6, 6.07) is 3.80. The molecule has 1 aliphatic heterocycles. The number of hydrogen-bond donors (Lipinski definition) is 1. The van der Waals surface area contributed by atoms with E-state index < -0.39 is 11.0 Å². The van der Waals surface area contributed by atoms with Crippen molar-refractivity contribution in [3.05, 3.63) is 39.4 Å². The van der Waals surface area contributed by atoms with E-state index in [2.05, 4.69) is 4.72 Å². The monoisotopic (exact) mass is 347 g/mol. The van der Waals surface area contributed by atoms with Crippen LogP contribution in [0.25, 0.3) is 10.9 Å². The normalized spacial score (nSPS) is 17.0. The molecule has 24 heavy (non-hydrogen) atoms. The summed E-state index contributed by atoms with van der Waals surface area (Å²) in [6.45, 7) is 10.5. The molecule has 1 aromatic heterocycles. The Hall–Kier alpha value is -1.53. The van der Waals surface area contributed by atoms with Crippen molar-refractivity contribution in [2.24, 2.45) is 0 Å². The van der Waals surface area contributed by atoms with Crippen molar-refractivity contribution in [1.29, 1.82) is 0 Å². The van der Waals surface area contributed by atoms with E-state index in [-0.39, 0.29) is 16.3 Å². The van der Waals surface area contributed by atoms with Crippen molar-refractivity contribution in [3.8, 4) is 0 Å². The Morgan fingerprint density at radius 2 is 2.04 bits per heavy atom. The van der Waals surface area contributed by atoms with Crippen LogP contribution in [0.3, 0.4) is 0 Å². The minimum absolute atomic E-state index is 0.0431. The van der Waals surface area contributed by atoms with Gasteiger partial charge in [0, 0.05) is 19.0 Å². The minimum atomic E-state index is -1.18. The summed E-state index contributed by atoms with van der Waals surface area (Å²) < 4.78 is 17.0. The molecule has 130 valence electrons. The Morgan fingerprint density at radius 1 is 1.33 bits per heavy atom. The number of aromatic nitrogens is 2. The molecule has 2 atom stereocenters. The van der Waals surface area contributed by atoms with Crippen LogP contribution in [-0.4, -0.2) is 18.5 Å². The molecular formula is C18H25N3O2S. The number of fused-ring (bicyclic) bond motifs is 2. The van der Waals surface area contributed by atoms with Crippen LogP contribution in [0.1, 0.15) is 57.1 Å². The molecule has 2 aromatic rings. The molecule has 1 aromatic carbocycles. The van der Waals surface area contributed by atoms with Gasteiger partial charge in [-0.25, -0.2) is 13.9 Å². The molecule has 0 amide bonds. The molecule has 0 unspecified atom stereocenters. The predicted molar refractivity (Wildman–Crippen MR) is 98.5 cm³/mol. The van der Waals surface area contributed by atoms with E-state index in [4.69, 9.17) is 4.98 Å². The third-order valence-electron chi connectivity index (χ3n) is 4.40. The lowest BCUT2D eigenvalue weighted by Gasteiger charge is -2.23. The van der Waals surface area contributed by atoms with Gasteiger partial charge in [-0.3, -0.25) is 9.36 Å². The molecule has 6 heteroatoms. The van der Waals surface area contributed by atoms with Gasteiger partial charge in [0.1, 0.15) is 5.82 Å². The number of nitrogens with zero attached hydrogens (tertiary/aromatic N) is 2. The van der Waals surface area contributed by atoms with E-state index in [0.717, 1.165) is 41.9 Å². The van der Waals surface area contributed by atoms with Crippen molar-refractivity contribution < 1.29 is 4.21 Å². The van der Waals surface area contributed by atoms with Crippen molar-refractivity contribution in [2.75, 3.05) is 0 Å². The van der Waals surface area contributed by atoms with Crippen LogP contribution >= 0.6 is 0 Å². The maximum atomic E-state index is 12.8. The summed E-state index contributed by atoms with van der Waals surface area (Å²) in [7, 11) is -1.18. The lowest BCUT2D eigenvalue weighted by Crippen LogP contribution is -2.35. The first kappa shape index (κ1) is 17.3. The van der Waals surface area contributed by atoms with Crippen molar-refractivity contribution in [1.82, 2.24) is 14.3 Å². The highest BCUT2D eigenvalue weighted by Gasteiger charge is 2.24. The van der Waals surface area contributed by atoms with E-state index in [1.54, 1.807) is 4.57 Å². The number of rotatable bonds is 3. The van der Waals surface area contributed by atoms with Crippen LogP contribution in [0.5, 0.6) is 0 Å². The lowest BCUT2D eigenvalue weighted by atomic mass is 10.0. The van der Waals surface area contributed by atoms with Gasteiger partial charge in [-0.15, -0.1) is 0 Å². The van der Waals surface area contributed by atoms with Gasteiger partial charge in [-0.1, -0.05) is 6.07 Å². The largest absolute Gasteiger partial charge is 0.296 e. The fourth-order valence-electron chi connectivity index (χ4n) is 3.09. The zero-order chi connectivity index (χ0) is 17.6. The Kier molecular flexibility index (Phi) is 4.38. The second kappa shape index (κ2) is 6.08. The maximum Gasteiger partial charge on any atom is 0.261 e. The van der Waals surface area contributed by atoms with Gasteiger partial charge in [0.05, 0.1) is 26.6 Å². The van der Waals surface area contributed by atoms with E-state index in [1.807, 2.05) is 46.8 Å². The van der Waals surface area contributed by atoms with E-state index >= 15 is 0 Å².